The molecule has 0 radical (unpaired) electrons. The van der Waals surface area contributed by atoms with Gasteiger partial charge in [0.25, 0.3) is 5.91 Å². The molecule has 1 aliphatic heterocycles. The second-order valence-electron chi connectivity index (χ2n) is 6.48. The van der Waals surface area contributed by atoms with Gasteiger partial charge < -0.3 is 14.8 Å². The molecule has 136 valence electrons. The molecule has 26 heavy (non-hydrogen) atoms. The van der Waals surface area contributed by atoms with Crippen molar-refractivity contribution in [2.45, 2.75) is 13.3 Å². The molecule has 1 amide bonds. The van der Waals surface area contributed by atoms with Gasteiger partial charge in [0.2, 0.25) is 5.13 Å². The summed E-state index contributed by atoms with van der Waals surface area (Å²) >= 11 is 1.40. The van der Waals surface area contributed by atoms with Crippen molar-refractivity contribution in [2.24, 2.45) is 7.05 Å². The minimum absolute atomic E-state index is 0.00385. The molecule has 8 nitrogen and oxygen atoms in total. The van der Waals surface area contributed by atoms with Crippen molar-refractivity contribution in [3.8, 4) is 0 Å². The Morgan fingerprint density at radius 1 is 1.23 bits per heavy atom. The van der Waals surface area contributed by atoms with E-state index in [1.807, 2.05) is 11.8 Å². The first-order valence-corrected chi connectivity index (χ1v) is 9.33. The molecule has 1 aromatic carbocycles. The third-order valence-electron chi connectivity index (χ3n) is 4.72. The molecule has 0 aliphatic carbocycles. The number of aromatic nitrogens is 4. The first kappa shape index (κ1) is 16.8. The van der Waals surface area contributed by atoms with Crippen LogP contribution in [0.5, 0.6) is 0 Å². The average molecular weight is 372 g/mol. The van der Waals surface area contributed by atoms with Crippen LogP contribution in [0.4, 0.5) is 5.13 Å². The average Bonchev–Trinajstić information content (AvgIpc) is 3.08. The Morgan fingerprint density at radius 3 is 2.85 bits per heavy atom. The molecule has 2 aromatic heterocycles. The second kappa shape index (κ2) is 6.56. The lowest BCUT2D eigenvalue weighted by molar-refractivity contribution is 0.0767. The zero-order valence-corrected chi connectivity index (χ0v) is 15.5. The number of nitrogens with one attached hydrogen (secondary N) is 1. The Balaban J connectivity index is 1.53. The van der Waals surface area contributed by atoms with E-state index in [1.165, 1.54) is 16.1 Å². The topological polar surface area (TPSA) is 87.1 Å². The number of nitrogens with zero attached hydrogens (tertiary/aromatic N) is 5. The van der Waals surface area contributed by atoms with Gasteiger partial charge >= 0.3 is 5.69 Å². The van der Waals surface area contributed by atoms with Crippen LogP contribution in [0, 0.1) is 6.92 Å². The molecule has 0 atom stereocenters. The van der Waals surface area contributed by atoms with Crippen molar-refractivity contribution in [1.82, 2.24) is 23.8 Å². The minimum atomic E-state index is -0.178. The van der Waals surface area contributed by atoms with Crippen LogP contribution >= 0.6 is 11.5 Å². The van der Waals surface area contributed by atoms with E-state index in [2.05, 4.69) is 19.2 Å². The van der Waals surface area contributed by atoms with Gasteiger partial charge in [-0.2, -0.15) is 4.37 Å². The van der Waals surface area contributed by atoms with Crippen LogP contribution in [0.2, 0.25) is 0 Å². The number of H-pyrrole nitrogens is 1. The van der Waals surface area contributed by atoms with E-state index in [0.29, 0.717) is 18.7 Å². The fraction of sp³-hybridized carbons (Fsp3) is 0.412. The molecular formula is C17H20N6O2S. The number of hydrogen-bond acceptors (Lipinski definition) is 6. The molecule has 0 bridgehead atoms. The largest absolute Gasteiger partial charge is 0.345 e. The van der Waals surface area contributed by atoms with E-state index in [0.717, 1.165) is 41.5 Å². The highest BCUT2D eigenvalue weighted by molar-refractivity contribution is 7.09. The van der Waals surface area contributed by atoms with Crippen LogP contribution in [0.25, 0.3) is 11.0 Å². The Hall–Kier alpha value is -2.68. The molecule has 1 aliphatic rings. The van der Waals surface area contributed by atoms with Crippen molar-refractivity contribution >= 4 is 33.6 Å². The Kier molecular flexibility index (Phi) is 4.23. The fourth-order valence-corrected chi connectivity index (χ4v) is 3.99. The maximum atomic E-state index is 12.9. The Bertz CT molecular complexity index is 1020. The molecule has 0 spiro atoms. The summed E-state index contributed by atoms with van der Waals surface area (Å²) in [5.74, 6) is 0.781. The number of rotatable bonds is 2. The lowest BCUT2D eigenvalue weighted by Crippen LogP contribution is -2.35. The summed E-state index contributed by atoms with van der Waals surface area (Å²) in [5, 5.41) is 0.917. The highest BCUT2D eigenvalue weighted by atomic mass is 32.1. The van der Waals surface area contributed by atoms with Crippen molar-refractivity contribution in [1.29, 1.82) is 0 Å². The van der Waals surface area contributed by atoms with E-state index in [9.17, 15) is 9.59 Å². The first-order chi connectivity index (χ1) is 12.5. The molecule has 0 saturated carbocycles. The number of carbonyl (C=O) groups is 1. The van der Waals surface area contributed by atoms with Gasteiger partial charge in [0, 0.05) is 50.3 Å². The monoisotopic (exact) mass is 372 g/mol. The first-order valence-electron chi connectivity index (χ1n) is 8.56. The molecule has 1 fully saturated rings. The molecule has 1 N–H and O–H groups in total. The second-order valence-corrected chi connectivity index (χ2v) is 7.21. The number of anilines is 1. The summed E-state index contributed by atoms with van der Waals surface area (Å²) in [7, 11) is 1.70. The predicted molar refractivity (Wildman–Crippen MR) is 101 cm³/mol. The van der Waals surface area contributed by atoms with Gasteiger partial charge in [-0.15, -0.1) is 0 Å². The number of benzene rings is 1. The van der Waals surface area contributed by atoms with E-state index in [1.54, 1.807) is 25.2 Å². The zero-order chi connectivity index (χ0) is 18.3. The molecule has 3 aromatic rings. The smallest absolute Gasteiger partial charge is 0.326 e. The van der Waals surface area contributed by atoms with Crippen LogP contribution in [-0.2, 0) is 7.05 Å². The number of fused-ring (bicyclic) bond motifs is 1. The van der Waals surface area contributed by atoms with Gasteiger partial charge in [0.15, 0.2) is 0 Å². The number of carbonyl (C=O) groups excluding carboxylic acids is 1. The van der Waals surface area contributed by atoms with Crippen molar-refractivity contribution in [2.75, 3.05) is 31.1 Å². The number of aryl methyl sites for hydroxylation is 2. The maximum Gasteiger partial charge on any atom is 0.326 e. The highest BCUT2D eigenvalue weighted by Crippen LogP contribution is 2.20. The number of hydrogen-bond donors (Lipinski definition) is 1. The molecule has 9 heteroatoms. The number of aromatic amines is 1. The molecular weight excluding hydrogens is 352 g/mol. The minimum Gasteiger partial charge on any atom is -0.345 e. The summed E-state index contributed by atoms with van der Waals surface area (Å²) < 4.78 is 5.76. The summed E-state index contributed by atoms with van der Waals surface area (Å²) in [5.41, 5.74) is 1.90. The van der Waals surface area contributed by atoms with E-state index in [-0.39, 0.29) is 11.6 Å². The Labute approximate surface area is 154 Å². The van der Waals surface area contributed by atoms with E-state index < -0.39 is 0 Å². The normalized spacial score (nSPS) is 15.5. The maximum absolute atomic E-state index is 12.9. The van der Waals surface area contributed by atoms with Gasteiger partial charge in [-0.3, -0.25) is 9.36 Å². The standard InChI is InChI=1S/C17H20N6O2S/c1-11-18-17(26-20-11)23-7-3-6-22(8-9-23)15(24)12-4-5-13-14(10-12)21(2)16(25)19-13/h4-5,10H,3,6-9H2,1-2H3,(H,19,25). The SMILES string of the molecule is Cc1nsc(N2CCCN(C(=O)c3ccc4[nH]c(=O)n(C)c4c3)CC2)n1. The third kappa shape index (κ3) is 2.98. The number of imidazole rings is 1. The van der Waals surface area contributed by atoms with E-state index in [4.69, 9.17) is 0 Å². The van der Waals surface area contributed by atoms with Crippen molar-refractivity contribution in [3.63, 3.8) is 0 Å². The van der Waals surface area contributed by atoms with Crippen LogP contribution in [0.15, 0.2) is 23.0 Å². The lowest BCUT2D eigenvalue weighted by atomic mass is 10.1. The van der Waals surface area contributed by atoms with Crippen molar-refractivity contribution < 1.29 is 4.79 Å². The summed E-state index contributed by atoms with van der Waals surface area (Å²) in [6, 6.07) is 5.35. The predicted octanol–water partition coefficient (Wildman–Crippen LogP) is 1.38. The Morgan fingerprint density at radius 2 is 2.08 bits per heavy atom. The number of amides is 1. The fourth-order valence-electron chi connectivity index (χ4n) is 3.27. The third-order valence-corrected chi connectivity index (χ3v) is 5.59. The summed E-state index contributed by atoms with van der Waals surface area (Å²) in [4.78, 5) is 36.0. The van der Waals surface area contributed by atoms with Gasteiger partial charge in [-0.25, -0.2) is 9.78 Å². The van der Waals surface area contributed by atoms with Crippen LogP contribution in [0.3, 0.4) is 0 Å². The zero-order valence-electron chi connectivity index (χ0n) is 14.7. The van der Waals surface area contributed by atoms with Crippen LogP contribution < -0.4 is 10.6 Å². The summed E-state index contributed by atoms with van der Waals surface area (Å²) in [6.07, 6.45) is 0.884. The quantitative estimate of drug-likeness (QED) is 0.734. The molecule has 1 saturated heterocycles. The van der Waals surface area contributed by atoms with Gasteiger partial charge in [0.05, 0.1) is 11.0 Å². The molecule has 3 heterocycles. The lowest BCUT2D eigenvalue weighted by Gasteiger charge is -2.21. The van der Waals surface area contributed by atoms with Gasteiger partial charge in [-0.1, -0.05) is 0 Å². The highest BCUT2D eigenvalue weighted by Gasteiger charge is 2.22. The van der Waals surface area contributed by atoms with Gasteiger partial charge in [0.1, 0.15) is 5.82 Å². The van der Waals surface area contributed by atoms with Gasteiger partial charge in [-0.05, 0) is 31.5 Å². The summed E-state index contributed by atoms with van der Waals surface area (Å²) in [6.45, 7) is 4.84. The van der Waals surface area contributed by atoms with Crippen molar-refractivity contribution in [3.05, 3.63) is 40.1 Å². The molecule has 0 unspecified atom stereocenters. The molecule has 4 rings (SSSR count). The van der Waals surface area contributed by atoms with Crippen LogP contribution in [-0.4, -0.2) is 55.9 Å². The van der Waals surface area contributed by atoms with Crippen LogP contribution in [0.1, 0.15) is 22.6 Å². The van der Waals surface area contributed by atoms with E-state index >= 15 is 0 Å².